The minimum absolute atomic E-state index is 0.0959. The summed E-state index contributed by atoms with van der Waals surface area (Å²) in [4.78, 5) is 29.1. The zero-order valence-electron chi connectivity index (χ0n) is 15.9. The van der Waals surface area contributed by atoms with Gasteiger partial charge in [-0.2, -0.15) is 0 Å². The first-order chi connectivity index (χ1) is 13.2. The molecule has 1 aromatic rings. The van der Waals surface area contributed by atoms with E-state index in [1.54, 1.807) is 0 Å². The van der Waals surface area contributed by atoms with Crippen molar-refractivity contribution in [3.63, 3.8) is 0 Å². The summed E-state index contributed by atoms with van der Waals surface area (Å²) in [5, 5.41) is 2.98. The molecule has 1 saturated carbocycles. The van der Waals surface area contributed by atoms with E-state index in [2.05, 4.69) is 10.2 Å². The summed E-state index contributed by atoms with van der Waals surface area (Å²) in [7, 11) is 0. The van der Waals surface area contributed by atoms with E-state index in [0.717, 1.165) is 42.9 Å². The van der Waals surface area contributed by atoms with Crippen LogP contribution in [0.3, 0.4) is 0 Å². The Morgan fingerprint density at radius 2 is 1.85 bits per heavy atom. The van der Waals surface area contributed by atoms with E-state index in [9.17, 15) is 9.59 Å². The average molecular weight is 371 g/mol. The molecule has 1 aliphatic carbocycles. The lowest BCUT2D eigenvalue weighted by atomic mass is 10.1. The molecule has 3 aliphatic rings. The Bertz CT molecular complexity index is 694. The molecule has 0 spiro atoms. The van der Waals surface area contributed by atoms with Gasteiger partial charge in [0.2, 0.25) is 11.8 Å². The maximum absolute atomic E-state index is 12.9. The first-order valence-electron chi connectivity index (χ1n) is 10.3. The predicted octanol–water partition coefficient (Wildman–Crippen LogP) is 2.63. The zero-order chi connectivity index (χ0) is 18.6. The van der Waals surface area contributed by atoms with Crippen LogP contribution in [0.2, 0.25) is 0 Å². The van der Waals surface area contributed by atoms with Gasteiger partial charge >= 0.3 is 0 Å². The van der Waals surface area contributed by atoms with Crippen molar-refractivity contribution in [1.82, 2.24) is 9.80 Å². The van der Waals surface area contributed by atoms with Gasteiger partial charge in [0.1, 0.15) is 12.4 Å². The maximum Gasteiger partial charge on any atom is 0.237 e. The van der Waals surface area contributed by atoms with Crippen LogP contribution in [0.1, 0.15) is 44.1 Å². The van der Waals surface area contributed by atoms with Gasteiger partial charge in [-0.3, -0.25) is 14.5 Å². The van der Waals surface area contributed by atoms with Crippen molar-refractivity contribution in [3.8, 4) is 5.75 Å². The van der Waals surface area contributed by atoms with Gasteiger partial charge in [-0.25, -0.2) is 0 Å². The van der Waals surface area contributed by atoms with E-state index >= 15 is 0 Å². The highest BCUT2D eigenvalue weighted by Gasteiger charge is 2.30. The van der Waals surface area contributed by atoms with Gasteiger partial charge in [-0.1, -0.05) is 12.8 Å². The molecule has 27 heavy (non-hydrogen) atoms. The van der Waals surface area contributed by atoms with Crippen molar-refractivity contribution in [2.75, 3.05) is 38.1 Å². The number of anilines is 1. The Morgan fingerprint density at radius 1 is 1.07 bits per heavy atom. The van der Waals surface area contributed by atoms with Crippen LogP contribution in [0.25, 0.3) is 0 Å². The lowest BCUT2D eigenvalue weighted by molar-refractivity contribution is -0.133. The number of amides is 2. The van der Waals surface area contributed by atoms with Crippen LogP contribution in [0, 0.1) is 5.92 Å². The number of nitrogens with zero attached hydrogens (tertiary/aromatic N) is 2. The largest absolute Gasteiger partial charge is 0.491 e. The Labute approximate surface area is 160 Å². The Morgan fingerprint density at radius 3 is 2.59 bits per heavy atom. The summed E-state index contributed by atoms with van der Waals surface area (Å²) >= 11 is 0. The van der Waals surface area contributed by atoms with Gasteiger partial charge in [0, 0.05) is 23.7 Å². The highest BCUT2D eigenvalue weighted by atomic mass is 16.5. The molecular weight excluding hydrogens is 342 g/mol. The van der Waals surface area contributed by atoms with Crippen LogP contribution < -0.4 is 10.1 Å². The molecule has 1 aromatic carbocycles. The smallest absolute Gasteiger partial charge is 0.237 e. The van der Waals surface area contributed by atoms with Crippen molar-refractivity contribution in [2.45, 2.75) is 45.1 Å². The maximum atomic E-state index is 12.9. The van der Waals surface area contributed by atoms with Crippen LogP contribution in [0.4, 0.5) is 5.69 Å². The summed E-state index contributed by atoms with van der Waals surface area (Å²) in [5.41, 5.74) is 1.75. The van der Waals surface area contributed by atoms with Crippen LogP contribution in [0.15, 0.2) is 18.2 Å². The zero-order valence-corrected chi connectivity index (χ0v) is 15.9. The molecule has 0 atom stereocenters. The van der Waals surface area contributed by atoms with Crippen LogP contribution in [-0.2, 0) is 16.1 Å². The molecule has 6 heteroatoms. The number of hydrogen-bond donors (Lipinski definition) is 1. The van der Waals surface area contributed by atoms with Crippen LogP contribution in [0.5, 0.6) is 5.75 Å². The van der Waals surface area contributed by atoms with Gasteiger partial charge in [0.15, 0.2) is 0 Å². The van der Waals surface area contributed by atoms with E-state index in [-0.39, 0.29) is 17.7 Å². The Hall–Kier alpha value is -2.08. The van der Waals surface area contributed by atoms with Gasteiger partial charge in [-0.05, 0) is 57.0 Å². The molecule has 2 fully saturated rings. The Kier molecular flexibility index (Phi) is 5.62. The van der Waals surface area contributed by atoms with E-state index < -0.39 is 0 Å². The van der Waals surface area contributed by atoms with Crippen molar-refractivity contribution in [3.05, 3.63) is 23.8 Å². The highest BCUT2D eigenvalue weighted by molar-refractivity contribution is 5.94. The van der Waals surface area contributed by atoms with Crippen molar-refractivity contribution < 1.29 is 14.3 Å². The molecule has 2 aliphatic heterocycles. The predicted molar refractivity (Wildman–Crippen MR) is 104 cm³/mol. The van der Waals surface area contributed by atoms with Gasteiger partial charge < -0.3 is 15.0 Å². The second-order valence-corrected chi connectivity index (χ2v) is 7.94. The first-order valence-corrected chi connectivity index (χ1v) is 10.3. The fraction of sp³-hybridized carbons (Fsp3) is 0.619. The Balaban J connectivity index is 1.41. The molecule has 6 nitrogen and oxygen atoms in total. The van der Waals surface area contributed by atoms with Crippen molar-refractivity contribution in [1.29, 1.82) is 0 Å². The average Bonchev–Trinajstić information content (AvgIpc) is 3.50. The van der Waals surface area contributed by atoms with Crippen LogP contribution in [-0.4, -0.2) is 54.4 Å². The topological polar surface area (TPSA) is 61.9 Å². The minimum atomic E-state index is 0.0959. The number of rotatable bonds is 4. The quantitative estimate of drug-likeness (QED) is 0.884. The van der Waals surface area contributed by atoms with E-state index in [4.69, 9.17) is 4.74 Å². The molecule has 2 amide bonds. The molecule has 2 heterocycles. The minimum Gasteiger partial charge on any atom is -0.491 e. The van der Waals surface area contributed by atoms with Crippen molar-refractivity contribution in [2.24, 2.45) is 5.92 Å². The number of ether oxygens (including phenoxy) is 1. The molecule has 1 saturated heterocycles. The third-order valence-corrected chi connectivity index (χ3v) is 5.67. The second-order valence-electron chi connectivity index (χ2n) is 7.94. The van der Waals surface area contributed by atoms with E-state index in [1.165, 1.54) is 25.7 Å². The summed E-state index contributed by atoms with van der Waals surface area (Å²) in [6, 6.07) is 5.74. The molecule has 0 unspecified atom stereocenters. The molecule has 146 valence electrons. The number of carbonyl (C=O) groups excluding carboxylic acids is 2. The third kappa shape index (κ3) is 4.80. The number of carbonyl (C=O) groups is 2. The fourth-order valence-corrected chi connectivity index (χ4v) is 3.86. The normalized spacial score (nSPS) is 20.8. The molecule has 0 radical (unpaired) electrons. The number of likely N-dealkylation sites (tertiary alicyclic amines) is 1. The number of hydrogen-bond acceptors (Lipinski definition) is 4. The summed E-state index contributed by atoms with van der Waals surface area (Å²) in [6.45, 7) is 4.17. The number of nitrogens with one attached hydrogen (secondary N) is 1. The van der Waals surface area contributed by atoms with E-state index in [1.807, 2.05) is 23.1 Å². The van der Waals surface area contributed by atoms with Crippen LogP contribution >= 0.6 is 0 Å². The summed E-state index contributed by atoms with van der Waals surface area (Å²) in [5.74, 6) is 1.25. The molecule has 1 N–H and O–H groups in total. The monoisotopic (exact) mass is 371 g/mol. The molecular formula is C21H29N3O3. The fourth-order valence-electron chi connectivity index (χ4n) is 3.86. The third-order valence-electron chi connectivity index (χ3n) is 5.67. The summed E-state index contributed by atoms with van der Waals surface area (Å²) in [6.07, 6.45) is 6.87. The second kappa shape index (κ2) is 8.30. The lowest BCUT2D eigenvalue weighted by Gasteiger charge is -2.25. The number of fused-ring (bicyclic) bond motifs is 1. The SMILES string of the molecule is O=C(Nc1ccc2c(c1)CN(C(=O)CN1CCCCCC1)CCO2)C1CC1. The summed E-state index contributed by atoms with van der Waals surface area (Å²) < 4.78 is 5.84. The lowest BCUT2D eigenvalue weighted by Crippen LogP contribution is -2.41. The molecule has 0 bridgehead atoms. The van der Waals surface area contributed by atoms with E-state index in [0.29, 0.717) is 26.2 Å². The van der Waals surface area contributed by atoms with Gasteiger partial charge in [0.05, 0.1) is 13.1 Å². The van der Waals surface area contributed by atoms with Gasteiger partial charge in [-0.15, -0.1) is 0 Å². The van der Waals surface area contributed by atoms with Gasteiger partial charge in [0.25, 0.3) is 0 Å². The standard InChI is InChI=1S/C21H29N3O3/c25-20(15-23-9-3-1-2-4-10-23)24-11-12-27-19-8-7-18(13-17(19)14-24)22-21(26)16-5-6-16/h7-8,13,16H,1-6,9-12,14-15H2,(H,22,26). The molecule has 4 rings (SSSR count). The number of benzene rings is 1. The van der Waals surface area contributed by atoms with Crippen molar-refractivity contribution >= 4 is 17.5 Å². The first kappa shape index (κ1) is 18.3. The molecule has 0 aromatic heterocycles. The highest BCUT2D eigenvalue weighted by Crippen LogP contribution is 2.31.